The van der Waals surface area contributed by atoms with Gasteiger partial charge in [-0.1, -0.05) is 0 Å². The predicted octanol–water partition coefficient (Wildman–Crippen LogP) is -0.614. The Balaban J connectivity index is 2.36. The molecule has 1 aromatic heterocycles. The smallest absolute Gasteiger partial charge is 0.328 e. The van der Waals surface area contributed by atoms with E-state index in [0.29, 0.717) is 0 Å². The molecule has 1 aliphatic rings. The summed E-state index contributed by atoms with van der Waals surface area (Å²) >= 11 is 0. The Labute approximate surface area is 92.7 Å². The van der Waals surface area contributed by atoms with Crippen molar-refractivity contribution in [2.45, 2.75) is 18.9 Å². The fourth-order valence-electron chi connectivity index (χ4n) is 2.14. The Bertz CT molecular complexity index is 490. The van der Waals surface area contributed by atoms with Crippen molar-refractivity contribution in [2.75, 3.05) is 25.9 Å². The van der Waals surface area contributed by atoms with Gasteiger partial charge in [-0.25, -0.2) is 4.79 Å². The van der Waals surface area contributed by atoms with Gasteiger partial charge in [0.1, 0.15) is 5.69 Å². The number of nitrogens with one attached hydrogen (secondary N) is 1. The zero-order valence-corrected chi connectivity index (χ0v) is 9.27. The van der Waals surface area contributed by atoms with Crippen LogP contribution in [0.15, 0.2) is 15.8 Å². The van der Waals surface area contributed by atoms with Gasteiger partial charge in [0.15, 0.2) is 0 Å². The van der Waals surface area contributed by atoms with Gasteiger partial charge in [-0.3, -0.25) is 14.3 Å². The van der Waals surface area contributed by atoms with E-state index in [1.807, 2.05) is 7.05 Å². The lowest BCUT2D eigenvalue weighted by molar-refractivity contribution is 0.208. The molecule has 0 aromatic carbocycles. The number of hydrogen-bond acceptors (Lipinski definition) is 4. The molecule has 0 radical (unpaired) electrons. The van der Waals surface area contributed by atoms with Gasteiger partial charge < -0.3 is 10.6 Å². The second-order valence-electron chi connectivity index (χ2n) is 4.31. The molecule has 16 heavy (non-hydrogen) atoms. The standard InChI is InChI=1S/C10H16N4O2/c1-13-4-2-3-7(5-13)14-6-8(11)9(15)12-10(14)16/h6-7H,2-5,11H2,1H3,(H,12,15,16). The fourth-order valence-corrected chi connectivity index (χ4v) is 2.14. The van der Waals surface area contributed by atoms with E-state index < -0.39 is 5.56 Å². The molecular formula is C10H16N4O2. The number of likely N-dealkylation sites (N-methyl/N-ethyl adjacent to an activating group) is 1. The molecule has 3 N–H and O–H groups in total. The molecular weight excluding hydrogens is 208 g/mol. The first-order valence-corrected chi connectivity index (χ1v) is 5.37. The van der Waals surface area contributed by atoms with E-state index in [0.717, 1.165) is 25.9 Å². The SMILES string of the molecule is CN1CCCC(n2cc(N)c(=O)[nH]c2=O)C1. The molecule has 6 nitrogen and oxygen atoms in total. The normalized spacial score (nSPS) is 22.2. The summed E-state index contributed by atoms with van der Waals surface area (Å²) in [6, 6.07) is 0.102. The number of rotatable bonds is 1. The van der Waals surface area contributed by atoms with Crippen LogP contribution in [-0.2, 0) is 0 Å². The van der Waals surface area contributed by atoms with Crippen molar-refractivity contribution in [3.05, 3.63) is 27.0 Å². The van der Waals surface area contributed by atoms with Crippen molar-refractivity contribution in [3.63, 3.8) is 0 Å². The summed E-state index contributed by atoms with van der Waals surface area (Å²) in [5, 5.41) is 0. The largest absolute Gasteiger partial charge is 0.393 e. The minimum Gasteiger partial charge on any atom is -0.393 e. The third-order valence-corrected chi connectivity index (χ3v) is 2.99. The van der Waals surface area contributed by atoms with Crippen LogP contribution in [0.1, 0.15) is 18.9 Å². The van der Waals surface area contributed by atoms with E-state index in [1.54, 1.807) is 0 Å². The van der Waals surface area contributed by atoms with Gasteiger partial charge in [0.2, 0.25) is 0 Å². The second kappa shape index (κ2) is 4.13. The fraction of sp³-hybridized carbons (Fsp3) is 0.600. The van der Waals surface area contributed by atoms with Crippen LogP contribution in [0, 0.1) is 0 Å². The van der Waals surface area contributed by atoms with E-state index in [9.17, 15) is 9.59 Å². The molecule has 0 aliphatic carbocycles. The lowest BCUT2D eigenvalue weighted by atomic mass is 10.1. The van der Waals surface area contributed by atoms with Crippen LogP contribution in [0.3, 0.4) is 0 Å². The highest BCUT2D eigenvalue weighted by atomic mass is 16.2. The number of likely N-dealkylation sites (tertiary alicyclic amines) is 1. The Morgan fingerprint density at radius 1 is 1.50 bits per heavy atom. The monoisotopic (exact) mass is 224 g/mol. The highest BCUT2D eigenvalue weighted by Gasteiger charge is 2.20. The highest BCUT2D eigenvalue weighted by molar-refractivity contribution is 5.30. The number of nitrogens with zero attached hydrogens (tertiary/aromatic N) is 2. The number of aromatic amines is 1. The van der Waals surface area contributed by atoms with Crippen molar-refractivity contribution < 1.29 is 0 Å². The molecule has 1 saturated heterocycles. The van der Waals surface area contributed by atoms with Gasteiger partial charge in [-0.2, -0.15) is 0 Å². The topological polar surface area (TPSA) is 84.1 Å². The minimum absolute atomic E-state index is 0.0906. The van der Waals surface area contributed by atoms with Crippen LogP contribution < -0.4 is 17.0 Å². The van der Waals surface area contributed by atoms with E-state index in [-0.39, 0.29) is 17.4 Å². The third kappa shape index (κ3) is 2.01. The number of anilines is 1. The quantitative estimate of drug-likeness (QED) is 0.666. The average molecular weight is 224 g/mol. The maximum atomic E-state index is 11.6. The molecule has 1 unspecified atom stereocenters. The first-order chi connectivity index (χ1) is 7.58. The maximum Gasteiger partial charge on any atom is 0.328 e. The molecule has 1 aliphatic heterocycles. The van der Waals surface area contributed by atoms with E-state index in [1.165, 1.54) is 10.8 Å². The van der Waals surface area contributed by atoms with Gasteiger partial charge in [-0.15, -0.1) is 0 Å². The predicted molar refractivity (Wildman–Crippen MR) is 61.5 cm³/mol. The highest BCUT2D eigenvalue weighted by Crippen LogP contribution is 2.18. The van der Waals surface area contributed by atoms with Crippen LogP contribution in [0.25, 0.3) is 0 Å². The average Bonchev–Trinajstić information content (AvgIpc) is 2.23. The number of hydrogen-bond donors (Lipinski definition) is 2. The lowest BCUT2D eigenvalue weighted by Gasteiger charge is -2.30. The molecule has 0 spiro atoms. The van der Waals surface area contributed by atoms with Gasteiger partial charge in [-0.05, 0) is 26.4 Å². The maximum absolute atomic E-state index is 11.6. The summed E-state index contributed by atoms with van der Waals surface area (Å²) in [6.45, 7) is 1.86. The van der Waals surface area contributed by atoms with Crippen molar-refractivity contribution in [1.82, 2.24) is 14.5 Å². The molecule has 1 fully saturated rings. The van der Waals surface area contributed by atoms with E-state index in [2.05, 4.69) is 9.88 Å². The number of H-pyrrole nitrogens is 1. The molecule has 0 saturated carbocycles. The first kappa shape index (κ1) is 10.9. The van der Waals surface area contributed by atoms with Crippen LogP contribution >= 0.6 is 0 Å². The third-order valence-electron chi connectivity index (χ3n) is 2.99. The second-order valence-corrected chi connectivity index (χ2v) is 4.31. The summed E-state index contributed by atoms with van der Waals surface area (Å²) in [5.41, 5.74) is 4.72. The van der Waals surface area contributed by atoms with Crippen molar-refractivity contribution in [2.24, 2.45) is 0 Å². The Morgan fingerprint density at radius 2 is 2.25 bits per heavy atom. The molecule has 88 valence electrons. The van der Waals surface area contributed by atoms with E-state index >= 15 is 0 Å². The molecule has 0 amide bonds. The molecule has 2 rings (SSSR count). The van der Waals surface area contributed by atoms with Gasteiger partial charge in [0.05, 0.1) is 6.04 Å². The Morgan fingerprint density at radius 3 is 2.94 bits per heavy atom. The van der Waals surface area contributed by atoms with Gasteiger partial charge >= 0.3 is 5.69 Å². The van der Waals surface area contributed by atoms with Crippen LogP contribution in [0.4, 0.5) is 5.69 Å². The van der Waals surface area contributed by atoms with Crippen molar-refractivity contribution >= 4 is 5.69 Å². The van der Waals surface area contributed by atoms with Crippen molar-refractivity contribution in [3.8, 4) is 0 Å². The first-order valence-electron chi connectivity index (χ1n) is 5.37. The number of piperidine rings is 1. The number of nitrogen functional groups attached to an aromatic ring is 1. The van der Waals surface area contributed by atoms with Gasteiger partial charge in [0.25, 0.3) is 5.56 Å². The molecule has 6 heteroatoms. The summed E-state index contributed by atoms with van der Waals surface area (Å²) < 4.78 is 1.53. The molecule has 2 heterocycles. The molecule has 1 aromatic rings. The summed E-state index contributed by atoms with van der Waals surface area (Å²) in [6.07, 6.45) is 3.44. The Kier molecular flexibility index (Phi) is 2.82. The zero-order valence-electron chi connectivity index (χ0n) is 9.27. The van der Waals surface area contributed by atoms with Crippen LogP contribution in [-0.4, -0.2) is 34.6 Å². The van der Waals surface area contributed by atoms with Gasteiger partial charge in [0, 0.05) is 12.7 Å². The summed E-state index contributed by atoms with van der Waals surface area (Å²) in [5.74, 6) is 0. The van der Waals surface area contributed by atoms with Crippen LogP contribution in [0.2, 0.25) is 0 Å². The molecule has 0 bridgehead atoms. The summed E-state index contributed by atoms with van der Waals surface area (Å²) in [7, 11) is 2.02. The van der Waals surface area contributed by atoms with E-state index in [4.69, 9.17) is 5.73 Å². The number of nitrogens with two attached hydrogens (primary N) is 1. The summed E-state index contributed by atoms with van der Waals surface area (Å²) in [4.78, 5) is 27.2. The zero-order chi connectivity index (χ0) is 11.7. The Hall–Kier alpha value is -1.56. The number of aromatic nitrogens is 2. The lowest BCUT2D eigenvalue weighted by Crippen LogP contribution is -2.40. The van der Waals surface area contributed by atoms with Crippen molar-refractivity contribution in [1.29, 1.82) is 0 Å². The van der Waals surface area contributed by atoms with Crippen LogP contribution in [0.5, 0.6) is 0 Å². The minimum atomic E-state index is -0.509. The molecule has 1 atom stereocenters.